The Balaban J connectivity index is 1.84. The molecule has 3 rings (SSSR count). The molecule has 3 nitrogen and oxygen atoms in total. The van der Waals surface area contributed by atoms with Gasteiger partial charge >= 0.3 is 5.97 Å². The fourth-order valence-corrected chi connectivity index (χ4v) is 4.27. The van der Waals surface area contributed by atoms with Crippen molar-refractivity contribution in [2.24, 2.45) is 17.8 Å². The first-order valence-electron chi connectivity index (χ1n) is 8.85. The Labute approximate surface area is 138 Å². The van der Waals surface area contributed by atoms with Crippen molar-refractivity contribution in [1.29, 1.82) is 0 Å². The van der Waals surface area contributed by atoms with E-state index in [0.29, 0.717) is 17.3 Å². The molecule has 0 amide bonds. The first-order valence-corrected chi connectivity index (χ1v) is 8.85. The summed E-state index contributed by atoms with van der Waals surface area (Å²) in [6.07, 6.45) is 7.78. The van der Waals surface area contributed by atoms with Crippen molar-refractivity contribution in [3.05, 3.63) is 34.9 Å². The standard InChI is InChI=1S/C20H26O3/c1-13-6-8-14(9-7-13)17-5-3-4-15-12-16(20(22)23-2)10-11-18(15)19(17)21/h10-14,17H,3-9H2,1-2H3/t13-,14-,17?. The molecule has 0 N–H and O–H groups in total. The van der Waals surface area contributed by atoms with E-state index in [1.165, 1.54) is 32.8 Å². The number of esters is 1. The summed E-state index contributed by atoms with van der Waals surface area (Å²) in [6, 6.07) is 5.42. The molecule has 3 heteroatoms. The number of aryl methyl sites for hydroxylation is 1. The molecule has 1 atom stereocenters. The summed E-state index contributed by atoms with van der Waals surface area (Å²) in [4.78, 5) is 24.8. The second kappa shape index (κ2) is 6.86. The lowest BCUT2D eigenvalue weighted by Crippen LogP contribution is -2.27. The summed E-state index contributed by atoms with van der Waals surface area (Å²) in [7, 11) is 1.39. The van der Waals surface area contributed by atoms with E-state index in [4.69, 9.17) is 4.74 Å². The summed E-state index contributed by atoms with van der Waals surface area (Å²) in [5.74, 6) is 1.50. The Morgan fingerprint density at radius 3 is 2.57 bits per heavy atom. The molecule has 124 valence electrons. The van der Waals surface area contributed by atoms with Gasteiger partial charge in [-0.05, 0) is 61.6 Å². The monoisotopic (exact) mass is 314 g/mol. The zero-order chi connectivity index (χ0) is 16.4. The number of carbonyl (C=O) groups is 2. The van der Waals surface area contributed by atoms with Gasteiger partial charge in [-0.25, -0.2) is 4.79 Å². The van der Waals surface area contributed by atoms with Gasteiger partial charge in [0.1, 0.15) is 0 Å². The van der Waals surface area contributed by atoms with Crippen molar-refractivity contribution in [1.82, 2.24) is 0 Å². The number of rotatable bonds is 2. The van der Waals surface area contributed by atoms with Crippen LogP contribution in [-0.4, -0.2) is 18.9 Å². The Morgan fingerprint density at radius 2 is 1.87 bits per heavy atom. The van der Waals surface area contributed by atoms with Crippen LogP contribution in [0.4, 0.5) is 0 Å². The summed E-state index contributed by atoms with van der Waals surface area (Å²) in [5.41, 5.74) is 2.40. The molecule has 1 aromatic carbocycles. The van der Waals surface area contributed by atoms with Gasteiger partial charge in [0.05, 0.1) is 12.7 Å². The molecule has 23 heavy (non-hydrogen) atoms. The number of benzene rings is 1. The third-order valence-corrected chi connectivity index (χ3v) is 5.72. The van der Waals surface area contributed by atoms with Gasteiger partial charge in [-0.3, -0.25) is 4.79 Å². The molecule has 2 aliphatic rings. The molecule has 0 aromatic heterocycles. The lowest BCUT2D eigenvalue weighted by molar-refractivity contribution is 0.0600. The van der Waals surface area contributed by atoms with Crippen LogP contribution >= 0.6 is 0 Å². The average Bonchev–Trinajstić information content (AvgIpc) is 2.74. The Bertz CT molecular complexity index is 597. The first kappa shape index (κ1) is 16.2. The van der Waals surface area contributed by atoms with E-state index in [1.54, 1.807) is 6.07 Å². The number of methoxy groups -OCH3 is 1. The van der Waals surface area contributed by atoms with Crippen molar-refractivity contribution < 1.29 is 14.3 Å². The highest BCUT2D eigenvalue weighted by atomic mass is 16.5. The van der Waals surface area contributed by atoms with Crippen LogP contribution < -0.4 is 0 Å². The second-order valence-electron chi connectivity index (χ2n) is 7.25. The number of hydrogen-bond donors (Lipinski definition) is 0. The average molecular weight is 314 g/mol. The quantitative estimate of drug-likeness (QED) is 0.599. The van der Waals surface area contributed by atoms with E-state index in [2.05, 4.69) is 6.92 Å². The Hall–Kier alpha value is -1.64. The maximum absolute atomic E-state index is 13.1. The topological polar surface area (TPSA) is 43.4 Å². The highest BCUT2D eigenvalue weighted by Gasteiger charge is 2.33. The van der Waals surface area contributed by atoms with Gasteiger partial charge in [-0.1, -0.05) is 25.8 Å². The Morgan fingerprint density at radius 1 is 1.13 bits per heavy atom. The van der Waals surface area contributed by atoms with Gasteiger partial charge < -0.3 is 4.74 Å². The van der Waals surface area contributed by atoms with Crippen molar-refractivity contribution in [3.8, 4) is 0 Å². The van der Waals surface area contributed by atoms with E-state index in [9.17, 15) is 9.59 Å². The van der Waals surface area contributed by atoms with Crippen molar-refractivity contribution in [3.63, 3.8) is 0 Å². The predicted octanol–water partition coefficient (Wildman–Crippen LogP) is 4.43. The fraction of sp³-hybridized carbons (Fsp3) is 0.600. The van der Waals surface area contributed by atoms with E-state index in [0.717, 1.165) is 36.3 Å². The number of Topliss-reactive ketones (excluding diaryl/α,β-unsaturated/α-hetero) is 1. The molecule has 1 saturated carbocycles. The normalized spacial score (nSPS) is 27.9. The molecule has 0 radical (unpaired) electrons. The minimum absolute atomic E-state index is 0.174. The third kappa shape index (κ3) is 3.34. The zero-order valence-corrected chi connectivity index (χ0v) is 14.1. The molecule has 0 aliphatic heterocycles. The smallest absolute Gasteiger partial charge is 0.337 e. The number of ketones is 1. The molecule has 2 aliphatic carbocycles. The van der Waals surface area contributed by atoms with Crippen LogP contribution in [0.3, 0.4) is 0 Å². The van der Waals surface area contributed by atoms with Gasteiger partial charge in [0.15, 0.2) is 5.78 Å². The Kier molecular flexibility index (Phi) is 4.84. The highest BCUT2D eigenvalue weighted by molar-refractivity contribution is 6.01. The minimum atomic E-state index is -0.331. The maximum Gasteiger partial charge on any atom is 0.337 e. The van der Waals surface area contributed by atoms with Gasteiger partial charge in [-0.2, -0.15) is 0 Å². The molecule has 0 bridgehead atoms. The van der Waals surface area contributed by atoms with E-state index < -0.39 is 0 Å². The number of hydrogen-bond acceptors (Lipinski definition) is 3. The summed E-state index contributed by atoms with van der Waals surface area (Å²) >= 11 is 0. The SMILES string of the molecule is COC(=O)c1ccc2c(c1)CCCC([C@H]1CC[C@H](C)CC1)C2=O. The van der Waals surface area contributed by atoms with Crippen molar-refractivity contribution in [2.45, 2.75) is 51.9 Å². The minimum Gasteiger partial charge on any atom is -0.465 e. The molecule has 0 saturated heterocycles. The van der Waals surface area contributed by atoms with Crippen LogP contribution in [0.1, 0.15) is 71.7 Å². The summed E-state index contributed by atoms with van der Waals surface area (Å²) in [6.45, 7) is 2.31. The summed E-state index contributed by atoms with van der Waals surface area (Å²) < 4.78 is 4.79. The molecular weight excluding hydrogens is 288 g/mol. The fourth-order valence-electron chi connectivity index (χ4n) is 4.27. The lowest BCUT2D eigenvalue weighted by atomic mass is 9.73. The third-order valence-electron chi connectivity index (χ3n) is 5.72. The molecule has 1 unspecified atom stereocenters. The van der Waals surface area contributed by atoms with Gasteiger partial charge in [-0.15, -0.1) is 0 Å². The molecule has 1 fully saturated rings. The van der Waals surface area contributed by atoms with E-state index >= 15 is 0 Å². The number of fused-ring (bicyclic) bond motifs is 1. The zero-order valence-electron chi connectivity index (χ0n) is 14.1. The lowest BCUT2D eigenvalue weighted by Gasteiger charge is -2.31. The van der Waals surface area contributed by atoms with Crippen LogP contribution in [0.2, 0.25) is 0 Å². The van der Waals surface area contributed by atoms with E-state index in [1.807, 2.05) is 12.1 Å². The molecule has 1 aromatic rings. The molecule has 0 heterocycles. The first-order chi connectivity index (χ1) is 11.1. The van der Waals surface area contributed by atoms with Crippen molar-refractivity contribution >= 4 is 11.8 Å². The van der Waals surface area contributed by atoms with Crippen LogP contribution in [0.15, 0.2) is 18.2 Å². The van der Waals surface area contributed by atoms with Crippen LogP contribution in [0.25, 0.3) is 0 Å². The van der Waals surface area contributed by atoms with Crippen molar-refractivity contribution in [2.75, 3.05) is 7.11 Å². The van der Waals surface area contributed by atoms with Crippen LogP contribution in [0, 0.1) is 17.8 Å². The van der Waals surface area contributed by atoms with Crippen LogP contribution in [-0.2, 0) is 11.2 Å². The summed E-state index contributed by atoms with van der Waals surface area (Å²) in [5, 5.41) is 0. The number of carbonyl (C=O) groups excluding carboxylic acids is 2. The maximum atomic E-state index is 13.1. The molecular formula is C20H26O3. The highest BCUT2D eigenvalue weighted by Crippen LogP contribution is 2.39. The molecule has 0 spiro atoms. The number of ether oxygens (including phenoxy) is 1. The van der Waals surface area contributed by atoms with Gasteiger partial charge in [0.25, 0.3) is 0 Å². The van der Waals surface area contributed by atoms with Gasteiger partial charge in [0, 0.05) is 11.5 Å². The van der Waals surface area contributed by atoms with Crippen LogP contribution in [0.5, 0.6) is 0 Å². The second-order valence-corrected chi connectivity index (χ2v) is 7.25. The largest absolute Gasteiger partial charge is 0.465 e. The van der Waals surface area contributed by atoms with E-state index in [-0.39, 0.29) is 11.9 Å². The predicted molar refractivity (Wildman–Crippen MR) is 89.7 cm³/mol. The van der Waals surface area contributed by atoms with Gasteiger partial charge in [0.2, 0.25) is 0 Å².